The highest BCUT2D eigenvalue weighted by molar-refractivity contribution is 7.99. The lowest BCUT2D eigenvalue weighted by Gasteiger charge is -2.17. The number of rotatable bonds is 6. The number of nitrogens with two attached hydrogens (primary N) is 1. The zero-order chi connectivity index (χ0) is 12.0. The van der Waals surface area contributed by atoms with Gasteiger partial charge in [0.15, 0.2) is 0 Å². The molecule has 0 aromatic heterocycles. The number of hydrogen-bond acceptors (Lipinski definition) is 3. The van der Waals surface area contributed by atoms with Gasteiger partial charge in [-0.2, -0.15) is 0 Å². The van der Waals surface area contributed by atoms with E-state index in [2.05, 4.69) is 18.7 Å². The van der Waals surface area contributed by atoms with Gasteiger partial charge >= 0.3 is 0 Å². The molecule has 0 bridgehead atoms. The molecule has 0 atom stereocenters. The first-order valence-electron chi connectivity index (χ1n) is 5.57. The molecule has 1 aromatic carbocycles. The van der Waals surface area contributed by atoms with Crippen molar-refractivity contribution in [3.63, 3.8) is 0 Å². The van der Waals surface area contributed by atoms with E-state index in [1.165, 1.54) is 12.1 Å². The van der Waals surface area contributed by atoms with E-state index < -0.39 is 0 Å². The zero-order valence-corrected chi connectivity index (χ0v) is 10.7. The molecule has 0 spiro atoms. The summed E-state index contributed by atoms with van der Waals surface area (Å²) in [6, 6.07) is 4.69. The summed E-state index contributed by atoms with van der Waals surface area (Å²) in [5, 5.41) is 0. The highest BCUT2D eigenvalue weighted by Gasteiger charge is 2.02. The highest BCUT2D eigenvalue weighted by Crippen LogP contribution is 2.21. The fraction of sp³-hybridized carbons (Fsp3) is 0.500. The zero-order valence-electron chi connectivity index (χ0n) is 9.87. The standard InChI is InChI=1S/C12H19FN2S/c1-3-15(4-2)5-6-16-12-8-10(13)7-11(14)9-12/h7-9H,3-6,14H2,1-2H3. The third-order valence-corrected chi connectivity index (χ3v) is 3.42. The summed E-state index contributed by atoms with van der Waals surface area (Å²) in [4.78, 5) is 3.25. The molecule has 0 heterocycles. The first-order valence-corrected chi connectivity index (χ1v) is 6.55. The Morgan fingerprint density at radius 3 is 2.50 bits per heavy atom. The van der Waals surface area contributed by atoms with Gasteiger partial charge in [-0.3, -0.25) is 0 Å². The number of nitrogens with zero attached hydrogens (tertiary/aromatic N) is 1. The monoisotopic (exact) mass is 242 g/mol. The van der Waals surface area contributed by atoms with E-state index in [1.807, 2.05) is 6.07 Å². The average Bonchev–Trinajstić information content (AvgIpc) is 2.23. The van der Waals surface area contributed by atoms with Crippen LogP contribution in [0.3, 0.4) is 0 Å². The second-order valence-corrected chi connectivity index (χ2v) is 4.76. The Morgan fingerprint density at radius 1 is 1.25 bits per heavy atom. The van der Waals surface area contributed by atoms with Crippen LogP contribution in [0.2, 0.25) is 0 Å². The molecule has 90 valence electrons. The second-order valence-electron chi connectivity index (χ2n) is 3.60. The van der Waals surface area contributed by atoms with Crippen LogP contribution in [-0.2, 0) is 0 Å². The van der Waals surface area contributed by atoms with Gasteiger partial charge in [-0.1, -0.05) is 13.8 Å². The van der Waals surface area contributed by atoms with Gasteiger partial charge in [0, 0.05) is 22.9 Å². The van der Waals surface area contributed by atoms with Crippen LogP contribution in [0.1, 0.15) is 13.8 Å². The smallest absolute Gasteiger partial charge is 0.126 e. The predicted octanol–water partition coefficient (Wildman–Crippen LogP) is 2.84. The fourth-order valence-electron chi connectivity index (χ4n) is 1.50. The van der Waals surface area contributed by atoms with Crippen molar-refractivity contribution in [2.24, 2.45) is 0 Å². The third kappa shape index (κ3) is 4.41. The lowest BCUT2D eigenvalue weighted by Crippen LogP contribution is -2.25. The summed E-state index contributed by atoms with van der Waals surface area (Å²) < 4.78 is 13.0. The molecule has 0 unspecified atom stereocenters. The molecule has 1 rings (SSSR count). The molecule has 0 fully saturated rings. The normalized spacial score (nSPS) is 11.0. The fourth-order valence-corrected chi connectivity index (χ4v) is 2.50. The maximum Gasteiger partial charge on any atom is 0.126 e. The van der Waals surface area contributed by atoms with Crippen LogP contribution in [0, 0.1) is 5.82 Å². The second kappa shape index (κ2) is 6.76. The molecule has 0 radical (unpaired) electrons. The topological polar surface area (TPSA) is 29.3 Å². The summed E-state index contributed by atoms with van der Waals surface area (Å²) in [5.74, 6) is 0.704. The number of halogens is 1. The van der Waals surface area contributed by atoms with Crippen molar-refractivity contribution < 1.29 is 4.39 Å². The van der Waals surface area contributed by atoms with Crippen LogP contribution in [0.4, 0.5) is 10.1 Å². The van der Waals surface area contributed by atoms with Crippen molar-refractivity contribution in [3.8, 4) is 0 Å². The maximum absolute atomic E-state index is 13.0. The minimum Gasteiger partial charge on any atom is -0.399 e. The van der Waals surface area contributed by atoms with Crippen molar-refractivity contribution >= 4 is 17.4 Å². The minimum absolute atomic E-state index is 0.259. The van der Waals surface area contributed by atoms with E-state index in [1.54, 1.807) is 11.8 Å². The Morgan fingerprint density at radius 2 is 1.94 bits per heavy atom. The molecule has 4 heteroatoms. The number of anilines is 1. The van der Waals surface area contributed by atoms with Crippen molar-refractivity contribution in [1.82, 2.24) is 4.90 Å². The lowest BCUT2D eigenvalue weighted by molar-refractivity contribution is 0.324. The quantitative estimate of drug-likeness (QED) is 0.614. The summed E-state index contributed by atoms with van der Waals surface area (Å²) in [7, 11) is 0. The van der Waals surface area contributed by atoms with E-state index >= 15 is 0 Å². The van der Waals surface area contributed by atoms with Crippen molar-refractivity contribution in [2.45, 2.75) is 18.7 Å². The van der Waals surface area contributed by atoms with Crippen molar-refractivity contribution in [2.75, 3.05) is 31.1 Å². The van der Waals surface area contributed by atoms with E-state index in [-0.39, 0.29) is 5.82 Å². The molecule has 0 amide bonds. The number of nitrogen functional groups attached to an aromatic ring is 1. The molecule has 2 N–H and O–H groups in total. The summed E-state index contributed by atoms with van der Waals surface area (Å²) in [5.41, 5.74) is 6.07. The van der Waals surface area contributed by atoms with Gasteiger partial charge in [0.25, 0.3) is 0 Å². The van der Waals surface area contributed by atoms with Crippen molar-refractivity contribution in [1.29, 1.82) is 0 Å². The number of thioether (sulfide) groups is 1. The maximum atomic E-state index is 13.0. The predicted molar refractivity (Wildman–Crippen MR) is 69.3 cm³/mol. The Hall–Kier alpha value is -0.740. The Bertz CT molecular complexity index is 307. The highest BCUT2D eigenvalue weighted by atomic mass is 32.2. The Balaban J connectivity index is 2.42. The van der Waals surface area contributed by atoms with Gasteiger partial charge in [-0.05, 0) is 31.3 Å². The first-order chi connectivity index (χ1) is 7.65. The van der Waals surface area contributed by atoms with Gasteiger partial charge < -0.3 is 10.6 Å². The Labute approximate surface area is 101 Å². The summed E-state index contributed by atoms with van der Waals surface area (Å²) in [6.45, 7) is 7.43. The van der Waals surface area contributed by atoms with Crippen LogP contribution < -0.4 is 5.73 Å². The minimum atomic E-state index is -0.259. The van der Waals surface area contributed by atoms with Crippen LogP contribution >= 0.6 is 11.8 Å². The average molecular weight is 242 g/mol. The Kier molecular flexibility index (Phi) is 5.63. The lowest BCUT2D eigenvalue weighted by atomic mass is 10.3. The van der Waals surface area contributed by atoms with E-state index in [0.717, 1.165) is 30.3 Å². The van der Waals surface area contributed by atoms with Gasteiger partial charge in [-0.15, -0.1) is 11.8 Å². The summed E-state index contributed by atoms with van der Waals surface area (Å²) >= 11 is 1.65. The molecule has 0 saturated carbocycles. The molecule has 2 nitrogen and oxygen atoms in total. The largest absolute Gasteiger partial charge is 0.399 e. The molecular weight excluding hydrogens is 223 g/mol. The van der Waals surface area contributed by atoms with Crippen LogP contribution in [0.5, 0.6) is 0 Å². The van der Waals surface area contributed by atoms with Gasteiger partial charge in [0.05, 0.1) is 0 Å². The van der Waals surface area contributed by atoms with E-state index in [9.17, 15) is 4.39 Å². The molecule has 0 aliphatic rings. The summed E-state index contributed by atoms with van der Waals surface area (Å²) in [6.07, 6.45) is 0. The number of benzene rings is 1. The number of hydrogen-bond donors (Lipinski definition) is 1. The van der Waals surface area contributed by atoms with Gasteiger partial charge in [0.2, 0.25) is 0 Å². The molecule has 16 heavy (non-hydrogen) atoms. The van der Waals surface area contributed by atoms with E-state index in [0.29, 0.717) is 5.69 Å². The van der Waals surface area contributed by atoms with Crippen LogP contribution in [0.25, 0.3) is 0 Å². The third-order valence-electron chi connectivity index (χ3n) is 2.46. The molecule has 0 aliphatic heterocycles. The molecule has 0 saturated heterocycles. The van der Waals surface area contributed by atoms with Gasteiger partial charge in [0.1, 0.15) is 5.82 Å². The molecular formula is C12H19FN2S. The van der Waals surface area contributed by atoms with E-state index in [4.69, 9.17) is 5.73 Å². The van der Waals surface area contributed by atoms with Crippen LogP contribution in [0.15, 0.2) is 23.1 Å². The molecule has 0 aliphatic carbocycles. The van der Waals surface area contributed by atoms with Crippen molar-refractivity contribution in [3.05, 3.63) is 24.0 Å². The molecule has 1 aromatic rings. The van der Waals surface area contributed by atoms with Gasteiger partial charge in [-0.25, -0.2) is 4.39 Å². The SMILES string of the molecule is CCN(CC)CCSc1cc(N)cc(F)c1. The first kappa shape index (κ1) is 13.3. The van der Waals surface area contributed by atoms with Crippen LogP contribution in [-0.4, -0.2) is 30.3 Å².